The zero-order valence-electron chi connectivity index (χ0n) is 26.0. The number of hydrogen-bond acceptors (Lipinski definition) is 9. The number of carboxylic acid groups (broad SMARTS) is 1. The third-order valence-corrected chi connectivity index (χ3v) is 8.71. The number of carboxylic acids is 1. The maximum atomic E-state index is 13.6. The smallest absolute Gasteiger partial charge is 0.409 e. The van der Waals surface area contributed by atoms with Crippen LogP contribution in [0.5, 0.6) is 5.75 Å². The SMILES string of the molecule is CCOC(=O)N1CCN(C(=O)C(CCC(=O)O)NC(=O)c2cc(OCC(=O)N3[C@@H]4CC[C@H]3CC(=O)C4)c3ccc(C)cc3n2)CC1. The van der Waals surface area contributed by atoms with E-state index < -0.39 is 29.9 Å². The first kappa shape index (κ1) is 32.6. The Morgan fingerprint density at radius 3 is 2.35 bits per heavy atom. The van der Waals surface area contributed by atoms with Gasteiger partial charge >= 0.3 is 12.1 Å². The molecule has 5 rings (SSSR count). The molecule has 0 spiro atoms. The lowest BCUT2D eigenvalue weighted by atomic mass is 10.0. The molecule has 14 heteroatoms. The summed E-state index contributed by atoms with van der Waals surface area (Å²) in [6, 6.07) is 5.44. The van der Waals surface area contributed by atoms with Crippen molar-refractivity contribution < 1.29 is 43.3 Å². The Hall–Kier alpha value is -4.75. The second-order valence-corrected chi connectivity index (χ2v) is 11.9. The van der Waals surface area contributed by atoms with E-state index in [-0.39, 0.29) is 87.5 Å². The van der Waals surface area contributed by atoms with Gasteiger partial charge in [0.25, 0.3) is 11.8 Å². The molecule has 3 aliphatic heterocycles. The molecule has 1 aromatic heterocycles. The number of carbonyl (C=O) groups excluding carboxylic acids is 5. The van der Waals surface area contributed by atoms with Crippen LogP contribution >= 0.6 is 0 Å². The monoisotopic (exact) mass is 637 g/mol. The van der Waals surface area contributed by atoms with Crippen LogP contribution in [0, 0.1) is 6.92 Å². The van der Waals surface area contributed by atoms with Crippen LogP contribution in [0.15, 0.2) is 24.3 Å². The van der Waals surface area contributed by atoms with Crippen LogP contribution in [0.25, 0.3) is 10.9 Å². The highest BCUT2D eigenvalue weighted by Crippen LogP contribution is 2.34. The Balaban J connectivity index is 1.32. The Bertz CT molecular complexity index is 1520. The predicted octanol–water partition coefficient (Wildman–Crippen LogP) is 1.91. The standard InChI is InChI=1S/C32H39N5O9/c1-3-45-32(44)36-12-10-35(11-13-36)31(43)24(8-9-29(40)41)34-30(42)26-17-27(23-7-4-19(2)14-25(23)33-26)46-18-28(39)37-20-5-6-21(37)16-22(38)15-20/h4,7,14,17,20-21,24H,3,5-6,8-13,15-16,18H2,1-2H3,(H,34,42)(H,40,41)/t20-,21+,24?. The van der Waals surface area contributed by atoms with Gasteiger partial charge in [-0.25, -0.2) is 9.78 Å². The number of amides is 4. The lowest BCUT2D eigenvalue weighted by Crippen LogP contribution is -2.56. The second kappa shape index (κ2) is 14.1. The summed E-state index contributed by atoms with van der Waals surface area (Å²) < 4.78 is 11.0. The van der Waals surface area contributed by atoms with E-state index in [0.29, 0.717) is 23.7 Å². The van der Waals surface area contributed by atoms with E-state index in [1.54, 1.807) is 24.0 Å². The van der Waals surface area contributed by atoms with Crippen molar-refractivity contribution in [3.8, 4) is 5.75 Å². The molecule has 0 aliphatic carbocycles. The van der Waals surface area contributed by atoms with Gasteiger partial charge in [-0.1, -0.05) is 6.07 Å². The molecule has 2 bridgehead atoms. The topological polar surface area (TPSA) is 176 Å². The number of aryl methyl sites for hydroxylation is 1. The van der Waals surface area contributed by atoms with Crippen LogP contribution in [0.1, 0.15) is 61.5 Å². The average molecular weight is 638 g/mol. The molecule has 3 aliphatic rings. The summed E-state index contributed by atoms with van der Waals surface area (Å²) in [5.74, 6) is -2.10. The molecule has 0 radical (unpaired) electrons. The number of pyridine rings is 1. The second-order valence-electron chi connectivity index (χ2n) is 11.9. The molecule has 14 nitrogen and oxygen atoms in total. The molecular weight excluding hydrogens is 598 g/mol. The van der Waals surface area contributed by atoms with E-state index in [0.717, 1.165) is 18.4 Å². The van der Waals surface area contributed by atoms with Gasteiger partial charge in [0.15, 0.2) is 6.61 Å². The van der Waals surface area contributed by atoms with Gasteiger partial charge in [0.05, 0.1) is 12.1 Å². The molecule has 4 amide bonds. The van der Waals surface area contributed by atoms with Gasteiger partial charge in [0, 0.05) is 69.0 Å². The van der Waals surface area contributed by atoms with Crippen molar-refractivity contribution in [3.63, 3.8) is 0 Å². The number of carbonyl (C=O) groups is 6. The van der Waals surface area contributed by atoms with E-state index in [9.17, 15) is 33.9 Å². The number of aromatic nitrogens is 1. The fraction of sp³-hybridized carbons (Fsp3) is 0.531. The number of benzene rings is 1. The predicted molar refractivity (Wildman–Crippen MR) is 163 cm³/mol. The van der Waals surface area contributed by atoms with Gasteiger partial charge in [0.2, 0.25) is 5.91 Å². The first-order chi connectivity index (χ1) is 22.0. The van der Waals surface area contributed by atoms with Gasteiger partial charge in [-0.05, 0) is 50.8 Å². The average Bonchev–Trinajstić information content (AvgIpc) is 3.31. The number of piperidine rings is 1. The minimum Gasteiger partial charge on any atom is -0.483 e. The van der Waals surface area contributed by atoms with Crippen LogP contribution in [-0.2, 0) is 23.9 Å². The first-order valence-corrected chi connectivity index (χ1v) is 15.6. The van der Waals surface area contributed by atoms with Gasteiger partial charge in [0.1, 0.15) is 23.3 Å². The zero-order valence-corrected chi connectivity index (χ0v) is 26.0. The number of ketones is 1. The maximum absolute atomic E-state index is 13.6. The summed E-state index contributed by atoms with van der Waals surface area (Å²) in [5.41, 5.74) is 1.26. The minimum atomic E-state index is -1.16. The molecule has 3 fully saturated rings. The number of ether oxygens (including phenoxy) is 2. The Labute approximate surface area is 266 Å². The van der Waals surface area contributed by atoms with Crippen LogP contribution in [0.2, 0.25) is 0 Å². The largest absolute Gasteiger partial charge is 0.483 e. The molecule has 3 atom stereocenters. The Kier molecular flexibility index (Phi) is 10.0. The van der Waals surface area contributed by atoms with Crippen LogP contribution in [0.3, 0.4) is 0 Å². The highest BCUT2D eigenvalue weighted by molar-refractivity contribution is 5.99. The molecule has 246 valence electrons. The number of nitrogens with one attached hydrogen (secondary N) is 1. The summed E-state index contributed by atoms with van der Waals surface area (Å²) in [7, 11) is 0. The number of rotatable bonds is 10. The van der Waals surface area contributed by atoms with Crippen molar-refractivity contribution in [1.29, 1.82) is 0 Å². The molecule has 1 aromatic carbocycles. The molecular formula is C32H39N5O9. The third-order valence-electron chi connectivity index (χ3n) is 8.71. The molecule has 3 saturated heterocycles. The summed E-state index contributed by atoms with van der Waals surface area (Å²) >= 11 is 0. The van der Waals surface area contributed by atoms with Crippen molar-refractivity contribution >= 4 is 46.5 Å². The van der Waals surface area contributed by atoms with Crippen LogP contribution < -0.4 is 10.1 Å². The minimum absolute atomic E-state index is 0.0653. The Morgan fingerprint density at radius 2 is 1.70 bits per heavy atom. The number of piperazine rings is 1. The quantitative estimate of drug-likeness (QED) is 0.391. The van der Waals surface area contributed by atoms with E-state index in [2.05, 4.69) is 10.3 Å². The highest BCUT2D eigenvalue weighted by atomic mass is 16.6. The molecule has 2 aromatic rings. The number of hydrogen-bond donors (Lipinski definition) is 2. The lowest BCUT2D eigenvalue weighted by molar-refractivity contribution is -0.141. The summed E-state index contributed by atoms with van der Waals surface area (Å²) in [4.78, 5) is 85.0. The van der Waals surface area contributed by atoms with Crippen LogP contribution in [-0.4, -0.2) is 118 Å². The third kappa shape index (κ3) is 7.37. The molecule has 0 saturated carbocycles. The van der Waals surface area contributed by atoms with Crippen molar-refractivity contribution in [1.82, 2.24) is 25.0 Å². The van der Waals surface area contributed by atoms with Crippen molar-refractivity contribution in [2.75, 3.05) is 39.4 Å². The van der Waals surface area contributed by atoms with Crippen molar-refractivity contribution in [3.05, 3.63) is 35.5 Å². The van der Waals surface area contributed by atoms with E-state index in [1.165, 1.54) is 15.9 Å². The van der Waals surface area contributed by atoms with Gasteiger partial charge in [-0.3, -0.25) is 24.0 Å². The molecule has 1 unspecified atom stereocenters. The number of aliphatic carboxylic acids is 1. The molecule has 4 heterocycles. The van der Waals surface area contributed by atoms with Crippen molar-refractivity contribution in [2.24, 2.45) is 0 Å². The van der Waals surface area contributed by atoms with Crippen LogP contribution in [0.4, 0.5) is 4.79 Å². The maximum Gasteiger partial charge on any atom is 0.409 e. The zero-order chi connectivity index (χ0) is 33.0. The van der Waals surface area contributed by atoms with Crippen molar-refractivity contribution in [2.45, 2.75) is 70.5 Å². The summed E-state index contributed by atoms with van der Waals surface area (Å²) in [5, 5.41) is 12.6. The fourth-order valence-electron chi connectivity index (χ4n) is 6.44. The lowest BCUT2D eigenvalue weighted by Gasteiger charge is -2.35. The van der Waals surface area contributed by atoms with Gasteiger partial charge in [-0.15, -0.1) is 0 Å². The Morgan fingerprint density at radius 1 is 1.02 bits per heavy atom. The number of Topliss-reactive ketones (excluding diaryl/α,β-unsaturated/α-hetero) is 1. The highest BCUT2D eigenvalue weighted by Gasteiger charge is 2.42. The summed E-state index contributed by atoms with van der Waals surface area (Å²) in [6.07, 6.45) is 1.30. The fourth-order valence-corrected chi connectivity index (χ4v) is 6.44. The molecule has 46 heavy (non-hydrogen) atoms. The first-order valence-electron chi connectivity index (χ1n) is 15.6. The van der Waals surface area contributed by atoms with Gasteiger partial charge < -0.3 is 34.6 Å². The van der Waals surface area contributed by atoms with Gasteiger partial charge in [-0.2, -0.15) is 0 Å². The summed E-state index contributed by atoms with van der Waals surface area (Å²) in [6.45, 7) is 4.40. The van der Waals surface area contributed by atoms with E-state index in [4.69, 9.17) is 9.47 Å². The number of fused-ring (bicyclic) bond motifs is 3. The number of nitrogens with zero attached hydrogens (tertiary/aromatic N) is 4. The van der Waals surface area contributed by atoms with E-state index >= 15 is 0 Å². The molecule has 2 N–H and O–H groups in total. The normalized spacial score (nSPS) is 20.0. The van der Waals surface area contributed by atoms with E-state index in [1.807, 2.05) is 13.0 Å².